The lowest BCUT2D eigenvalue weighted by atomic mass is 10.00. The molecule has 0 unspecified atom stereocenters. The van der Waals surface area contributed by atoms with Gasteiger partial charge in [-0.2, -0.15) is 5.26 Å². The molecular weight excluding hydrogens is 256 g/mol. The second-order valence-corrected chi connectivity index (χ2v) is 4.70. The van der Waals surface area contributed by atoms with E-state index in [-0.39, 0.29) is 11.1 Å². The Balaban J connectivity index is 2.33. The molecule has 0 aliphatic heterocycles. The first-order valence-electron chi connectivity index (χ1n) is 6.64. The highest BCUT2D eigenvalue weighted by Crippen LogP contribution is 2.26. The van der Waals surface area contributed by atoms with E-state index < -0.39 is 11.6 Å². The van der Waals surface area contributed by atoms with Crippen LogP contribution in [0.1, 0.15) is 30.9 Å². The Labute approximate surface area is 117 Å². The number of aryl methyl sites for hydroxylation is 1. The monoisotopic (exact) mass is 271 g/mol. The van der Waals surface area contributed by atoms with Gasteiger partial charge in [-0.3, -0.25) is 0 Å². The number of nitriles is 1. The molecule has 0 N–H and O–H groups in total. The first-order chi connectivity index (χ1) is 9.67. The number of rotatable bonds is 4. The van der Waals surface area contributed by atoms with Gasteiger partial charge in [-0.05, 0) is 36.1 Å². The van der Waals surface area contributed by atoms with Crippen molar-refractivity contribution in [2.75, 3.05) is 0 Å². The van der Waals surface area contributed by atoms with Crippen LogP contribution in [0.5, 0.6) is 0 Å². The van der Waals surface area contributed by atoms with Crippen molar-refractivity contribution in [1.29, 1.82) is 5.26 Å². The molecule has 0 aromatic heterocycles. The second-order valence-electron chi connectivity index (χ2n) is 4.70. The third kappa shape index (κ3) is 2.85. The zero-order valence-corrected chi connectivity index (χ0v) is 11.3. The van der Waals surface area contributed by atoms with Crippen LogP contribution in [-0.4, -0.2) is 0 Å². The van der Waals surface area contributed by atoms with Gasteiger partial charge in [0.15, 0.2) is 11.6 Å². The maximum atomic E-state index is 13.9. The fraction of sp³-hybridized carbons (Fsp3) is 0.235. The van der Waals surface area contributed by atoms with E-state index in [4.69, 9.17) is 5.26 Å². The molecule has 0 radical (unpaired) electrons. The van der Waals surface area contributed by atoms with Crippen LogP contribution in [0, 0.1) is 23.0 Å². The number of nitrogens with zero attached hydrogens (tertiary/aromatic N) is 1. The summed E-state index contributed by atoms with van der Waals surface area (Å²) in [4.78, 5) is 0. The van der Waals surface area contributed by atoms with E-state index in [9.17, 15) is 8.78 Å². The van der Waals surface area contributed by atoms with Gasteiger partial charge in [-0.1, -0.05) is 37.6 Å². The van der Waals surface area contributed by atoms with Gasteiger partial charge in [-0.15, -0.1) is 0 Å². The largest absolute Gasteiger partial charge is 0.203 e. The van der Waals surface area contributed by atoms with E-state index in [1.54, 1.807) is 18.2 Å². The maximum absolute atomic E-state index is 13.9. The predicted molar refractivity (Wildman–Crippen MR) is 75.1 cm³/mol. The molecule has 0 atom stereocenters. The van der Waals surface area contributed by atoms with E-state index in [0.29, 0.717) is 5.56 Å². The summed E-state index contributed by atoms with van der Waals surface area (Å²) in [6.45, 7) is 2.13. The van der Waals surface area contributed by atoms with Gasteiger partial charge in [0.1, 0.15) is 6.07 Å². The third-order valence-corrected chi connectivity index (χ3v) is 3.29. The van der Waals surface area contributed by atoms with Crippen molar-refractivity contribution < 1.29 is 8.78 Å². The topological polar surface area (TPSA) is 23.8 Å². The van der Waals surface area contributed by atoms with Crippen molar-refractivity contribution in [3.05, 3.63) is 59.2 Å². The lowest BCUT2D eigenvalue weighted by Crippen LogP contribution is -1.94. The summed E-state index contributed by atoms with van der Waals surface area (Å²) in [5.74, 6) is -2.05. The third-order valence-electron chi connectivity index (χ3n) is 3.29. The highest BCUT2D eigenvalue weighted by Gasteiger charge is 2.14. The van der Waals surface area contributed by atoms with Crippen LogP contribution in [0.25, 0.3) is 11.1 Å². The van der Waals surface area contributed by atoms with E-state index in [1.165, 1.54) is 17.7 Å². The van der Waals surface area contributed by atoms with Crippen LogP contribution >= 0.6 is 0 Å². The minimum Gasteiger partial charge on any atom is -0.203 e. The molecule has 2 aromatic rings. The molecule has 0 saturated heterocycles. The lowest BCUT2D eigenvalue weighted by Gasteiger charge is -2.07. The molecule has 0 bridgehead atoms. The Morgan fingerprint density at radius 1 is 1.00 bits per heavy atom. The van der Waals surface area contributed by atoms with Crippen molar-refractivity contribution in [2.45, 2.75) is 26.2 Å². The Hall–Kier alpha value is -2.21. The molecule has 102 valence electrons. The standard InChI is InChI=1S/C17H15F2N/c1-2-3-4-12-5-7-13(8-6-12)15-10-9-14(11-20)16(18)17(15)19/h5-10H,2-4H2,1H3. The first kappa shape index (κ1) is 14.2. The normalized spacial score (nSPS) is 10.3. The van der Waals surface area contributed by atoms with Crippen LogP contribution in [0.3, 0.4) is 0 Å². The molecule has 0 fully saturated rings. The zero-order valence-electron chi connectivity index (χ0n) is 11.3. The summed E-state index contributed by atoms with van der Waals surface area (Å²) in [6.07, 6.45) is 3.22. The van der Waals surface area contributed by atoms with Crippen LogP contribution < -0.4 is 0 Å². The summed E-state index contributed by atoms with van der Waals surface area (Å²) in [6, 6.07) is 11.8. The summed E-state index contributed by atoms with van der Waals surface area (Å²) in [7, 11) is 0. The molecule has 20 heavy (non-hydrogen) atoms. The predicted octanol–water partition coefficient (Wildman–Crippen LogP) is 4.85. The summed E-state index contributed by atoms with van der Waals surface area (Å²) >= 11 is 0. The van der Waals surface area contributed by atoms with E-state index in [1.807, 2.05) is 12.1 Å². The molecule has 3 heteroatoms. The fourth-order valence-corrected chi connectivity index (χ4v) is 2.09. The van der Waals surface area contributed by atoms with Gasteiger partial charge in [0.25, 0.3) is 0 Å². The molecule has 0 spiro atoms. The van der Waals surface area contributed by atoms with E-state index >= 15 is 0 Å². The van der Waals surface area contributed by atoms with Crippen LogP contribution in [0.15, 0.2) is 36.4 Å². The van der Waals surface area contributed by atoms with Crippen LogP contribution in [0.4, 0.5) is 8.78 Å². The minimum absolute atomic E-state index is 0.184. The van der Waals surface area contributed by atoms with Crippen molar-refractivity contribution in [3.63, 3.8) is 0 Å². The van der Waals surface area contributed by atoms with Gasteiger partial charge in [0.05, 0.1) is 5.56 Å². The second kappa shape index (κ2) is 6.29. The van der Waals surface area contributed by atoms with Gasteiger partial charge >= 0.3 is 0 Å². The number of unbranched alkanes of at least 4 members (excludes halogenated alkanes) is 1. The summed E-state index contributed by atoms with van der Waals surface area (Å²) in [5.41, 5.74) is 1.71. The van der Waals surface area contributed by atoms with Gasteiger partial charge in [-0.25, -0.2) is 8.78 Å². The Morgan fingerprint density at radius 3 is 2.30 bits per heavy atom. The van der Waals surface area contributed by atoms with E-state index in [0.717, 1.165) is 19.3 Å². The van der Waals surface area contributed by atoms with Gasteiger partial charge in [0, 0.05) is 5.56 Å². The first-order valence-corrected chi connectivity index (χ1v) is 6.64. The quantitative estimate of drug-likeness (QED) is 0.780. The zero-order chi connectivity index (χ0) is 14.5. The van der Waals surface area contributed by atoms with E-state index in [2.05, 4.69) is 6.92 Å². The average Bonchev–Trinajstić information content (AvgIpc) is 2.48. The summed E-state index contributed by atoms with van der Waals surface area (Å²) < 4.78 is 27.5. The smallest absolute Gasteiger partial charge is 0.177 e. The SMILES string of the molecule is CCCCc1ccc(-c2ccc(C#N)c(F)c2F)cc1. The van der Waals surface area contributed by atoms with Crippen molar-refractivity contribution in [3.8, 4) is 17.2 Å². The molecule has 0 amide bonds. The lowest BCUT2D eigenvalue weighted by molar-refractivity contribution is 0.509. The minimum atomic E-state index is -1.08. The highest BCUT2D eigenvalue weighted by molar-refractivity contribution is 5.65. The molecule has 0 aliphatic carbocycles. The molecule has 0 aliphatic rings. The van der Waals surface area contributed by atoms with Gasteiger partial charge in [0.2, 0.25) is 0 Å². The maximum Gasteiger partial charge on any atom is 0.177 e. The summed E-state index contributed by atoms with van der Waals surface area (Å²) in [5, 5.41) is 8.67. The van der Waals surface area contributed by atoms with Crippen molar-refractivity contribution >= 4 is 0 Å². The van der Waals surface area contributed by atoms with Gasteiger partial charge < -0.3 is 0 Å². The highest BCUT2D eigenvalue weighted by atomic mass is 19.2. The molecule has 1 nitrogen and oxygen atoms in total. The Bertz CT molecular complexity index is 639. The Kier molecular flexibility index (Phi) is 4.47. The number of halogens is 2. The van der Waals surface area contributed by atoms with Crippen molar-refractivity contribution in [2.24, 2.45) is 0 Å². The molecule has 2 aromatic carbocycles. The Morgan fingerprint density at radius 2 is 1.70 bits per heavy atom. The van der Waals surface area contributed by atoms with Crippen molar-refractivity contribution in [1.82, 2.24) is 0 Å². The number of benzene rings is 2. The molecule has 2 rings (SSSR count). The molecular formula is C17H15F2N. The van der Waals surface area contributed by atoms with Crippen LogP contribution in [0.2, 0.25) is 0 Å². The molecule has 0 saturated carbocycles. The number of hydrogen-bond acceptors (Lipinski definition) is 1. The number of hydrogen-bond donors (Lipinski definition) is 0. The molecule has 0 heterocycles. The van der Waals surface area contributed by atoms with Crippen LogP contribution in [-0.2, 0) is 6.42 Å². The fourth-order valence-electron chi connectivity index (χ4n) is 2.09. The average molecular weight is 271 g/mol.